The smallest absolute Gasteiger partial charge is 0.283 e. The molecule has 0 radical (unpaired) electrons. The number of hydrogen-bond donors (Lipinski definition) is 2. The fourth-order valence-corrected chi connectivity index (χ4v) is 5.45. The summed E-state index contributed by atoms with van der Waals surface area (Å²) in [6.45, 7) is 5.80. The highest BCUT2D eigenvalue weighted by Gasteiger charge is 2.24. The Bertz CT molecular complexity index is 1150. The third-order valence-corrected chi connectivity index (χ3v) is 7.85. The van der Waals surface area contributed by atoms with Crippen molar-refractivity contribution < 1.29 is 22.9 Å². The number of rotatable bonds is 10. The van der Waals surface area contributed by atoms with Crippen molar-refractivity contribution in [2.45, 2.75) is 30.6 Å². The quantitative estimate of drug-likeness (QED) is 0.301. The van der Waals surface area contributed by atoms with Gasteiger partial charge in [-0.1, -0.05) is 19.9 Å². The summed E-state index contributed by atoms with van der Waals surface area (Å²) in [6, 6.07) is 8.36. The Morgan fingerprint density at radius 2 is 1.81 bits per heavy atom. The minimum atomic E-state index is -3.71. The molecule has 0 aliphatic rings. The van der Waals surface area contributed by atoms with Crippen LogP contribution in [0, 0.1) is 17.0 Å². The van der Waals surface area contributed by atoms with Crippen LogP contribution in [0.4, 0.5) is 11.4 Å². The van der Waals surface area contributed by atoms with Gasteiger partial charge in [-0.05, 0) is 36.8 Å². The van der Waals surface area contributed by atoms with Crippen molar-refractivity contribution in [2.24, 2.45) is 5.73 Å². The molecule has 0 spiro atoms. The fraction of sp³-hybridized carbons (Fsp3) is 0.300. The molecule has 0 saturated carbocycles. The number of nitrogens with zero attached hydrogens (tertiary/aromatic N) is 2. The molecule has 0 atom stereocenters. The Hall–Kier alpha value is -2.96. The van der Waals surface area contributed by atoms with Crippen LogP contribution in [-0.2, 0) is 14.8 Å². The molecule has 10 nitrogen and oxygen atoms in total. The number of nitrogens with two attached hydrogens (primary N) is 1. The summed E-state index contributed by atoms with van der Waals surface area (Å²) >= 11 is 0.916. The Balaban J connectivity index is 2.18. The third-order valence-electron chi connectivity index (χ3n) is 4.59. The maximum Gasteiger partial charge on any atom is 0.283 e. The number of nitro groups is 1. The van der Waals surface area contributed by atoms with Crippen LogP contribution in [0.3, 0.4) is 0 Å². The molecule has 0 fully saturated rings. The Labute approximate surface area is 190 Å². The van der Waals surface area contributed by atoms with Gasteiger partial charge in [-0.25, -0.2) is 8.42 Å². The van der Waals surface area contributed by atoms with Crippen LogP contribution in [0.1, 0.15) is 29.8 Å². The Morgan fingerprint density at radius 1 is 1.16 bits per heavy atom. The maximum absolute atomic E-state index is 12.9. The average molecular weight is 481 g/mol. The summed E-state index contributed by atoms with van der Waals surface area (Å²) in [6.07, 6.45) is 0. The number of benzene rings is 2. The molecule has 2 amide bonds. The predicted octanol–water partition coefficient (Wildman–Crippen LogP) is 2.76. The second kappa shape index (κ2) is 10.6. The van der Waals surface area contributed by atoms with Crippen molar-refractivity contribution in [3.8, 4) is 0 Å². The zero-order valence-electron chi connectivity index (χ0n) is 17.8. The first kappa shape index (κ1) is 25.3. The summed E-state index contributed by atoms with van der Waals surface area (Å²) in [5, 5.41) is 13.9. The second-order valence-electron chi connectivity index (χ2n) is 6.71. The highest BCUT2D eigenvalue weighted by molar-refractivity contribution is 8.00. The van der Waals surface area contributed by atoms with Crippen LogP contribution in [0.25, 0.3) is 0 Å². The number of anilines is 1. The SMILES string of the molecule is CCN(CC)S(=O)(=O)c1cc(NC(=O)CSc2ccc(C(N)=O)cc2[N+](=O)[O-])ccc1C. The van der Waals surface area contributed by atoms with E-state index in [1.54, 1.807) is 32.9 Å². The average Bonchev–Trinajstić information content (AvgIpc) is 2.73. The number of hydrogen-bond acceptors (Lipinski definition) is 7. The molecule has 0 saturated heterocycles. The van der Waals surface area contributed by atoms with Gasteiger partial charge in [-0.15, -0.1) is 11.8 Å². The highest BCUT2D eigenvalue weighted by Crippen LogP contribution is 2.30. The topological polar surface area (TPSA) is 153 Å². The minimum absolute atomic E-state index is 0.00732. The van der Waals surface area contributed by atoms with Gasteiger partial charge in [0.2, 0.25) is 21.8 Å². The van der Waals surface area contributed by atoms with Crippen LogP contribution >= 0.6 is 11.8 Å². The molecule has 0 heterocycles. The minimum Gasteiger partial charge on any atom is -0.366 e. The van der Waals surface area contributed by atoms with Gasteiger partial charge in [0.15, 0.2) is 0 Å². The molecule has 2 rings (SSSR count). The number of thioether (sulfide) groups is 1. The summed E-state index contributed by atoms with van der Waals surface area (Å²) in [7, 11) is -3.71. The van der Waals surface area contributed by atoms with Crippen molar-refractivity contribution in [2.75, 3.05) is 24.2 Å². The van der Waals surface area contributed by atoms with Crippen LogP contribution in [0.5, 0.6) is 0 Å². The van der Waals surface area contributed by atoms with Gasteiger partial charge in [0.05, 0.1) is 20.5 Å². The molecule has 12 heteroatoms. The summed E-state index contributed by atoms with van der Waals surface area (Å²) in [5.74, 6) is -1.43. The van der Waals surface area contributed by atoms with Crippen LogP contribution in [0.2, 0.25) is 0 Å². The van der Waals surface area contributed by atoms with Crippen LogP contribution in [-0.4, -0.2) is 48.3 Å². The number of carbonyl (C=O) groups is 2. The second-order valence-corrected chi connectivity index (χ2v) is 9.63. The van der Waals surface area contributed by atoms with E-state index in [4.69, 9.17) is 5.73 Å². The number of primary amides is 1. The van der Waals surface area contributed by atoms with Gasteiger partial charge in [0.25, 0.3) is 5.69 Å². The summed E-state index contributed by atoms with van der Waals surface area (Å²) in [4.78, 5) is 34.6. The lowest BCUT2D eigenvalue weighted by atomic mass is 10.2. The first-order valence-electron chi connectivity index (χ1n) is 9.62. The third kappa shape index (κ3) is 5.84. The molecule has 2 aromatic carbocycles. The highest BCUT2D eigenvalue weighted by atomic mass is 32.2. The van der Waals surface area contributed by atoms with E-state index in [-0.39, 0.29) is 26.8 Å². The molecule has 2 aromatic rings. The lowest BCUT2D eigenvalue weighted by Gasteiger charge is -2.20. The molecular formula is C20H24N4O6S2. The van der Waals surface area contributed by atoms with E-state index >= 15 is 0 Å². The van der Waals surface area contributed by atoms with Gasteiger partial charge < -0.3 is 11.1 Å². The lowest BCUT2D eigenvalue weighted by Crippen LogP contribution is -2.31. The van der Waals surface area contributed by atoms with Crippen LogP contribution in [0.15, 0.2) is 46.2 Å². The monoisotopic (exact) mass is 480 g/mol. The number of aryl methyl sites for hydroxylation is 1. The fourth-order valence-electron chi connectivity index (χ4n) is 2.93. The van der Waals surface area contributed by atoms with Crippen molar-refractivity contribution >= 4 is 45.0 Å². The first-order chi connectivity index (χ1) is 15.0. The number of carbonyl (C=O) groups excluding carboxylic acids is 2. The van der Waals surface area contributed by atoms with E-state index in [9.17, 15) is 28.1 Å². The largest absolute Gasteiger partial charge is 0.366 e. The number of nitro benzene ring substituents is 1. The first-order valence-corrected chi connectivity index (χ1v) is 12.1. The van der Waals surface area contributed by atoms with Crippen molar-refractivity contribution in [3.63, 3.8) is 0 Å². The molecule has 0 bridgehead atoms. The molecule has 0 aliphatic heterocycles. The van der Waals surface area contributed by atoms with E-state index in [1.807, 2.05) is 0 Å². The van der Waals surface area contributed by atoms with Gasteiger partial charge in [0.1, 0.15) is 0 Å². The summed E-state index contributed by atoms with van der Waals surface area (Å²) < 4.78 is 27.0. The van der Waals surface area contributed by atoms with Gasteiger partial charge in [-0.3, -0.25) is 19.7 Å². The molecule has 0 aliphatic carbocycles. The van der Waals surface area contributed by atoms with Crippen LogP contribution < -0.4 is 11.1 Å². The predicted molar refractivity (Wildman–Crippen MR) is 122 cm³/mol. The molecule has 0 aromatic heterocycles. The number of nitrogens with one attached hydrogen (secondary N) is 1. The van der Waals surface area contributed by atoms with Gasteiger partial charge in [-0.2, -0.15) is 4.31 Å². The van der Waals surface area contributed by atoms with Gasteiger partial charge in [0, 0.05) is 30.4 Å². The normalized spacial score (nSPS) is 11.4. The molecule has 0 unspecified atom stereocenters. The Morgan fingerprint density at radius 3 is 2.38 bits per heavy atom. The summed E-state index contributed by atoms with van der Waals surface area (Å²) in [5.41, 5.74) is 5.66. The van der Waals surface area contributed by atoms with E-state index in [0.29, 0.717) is 24.3 Å². The molecule has 32 heavy (non-hydrogen) atoms. The molecular weight excluding hydrogens is 456 g/mol. The Kier molecular flexibility index (Phi) is 8.36. The van der Waals surface area contributed by atoms with E-state index in [0.717, 1.165) is 17.8 Å². The van der Waals surface area contributed by atoms with Gasteiger partial charge >= 0.3 is 0 Å². The van der Waals surface area contributed by atoms with Crippen molar-refractivity contribution in [1.82, 2.24) is 4.31 Å². The zero-order valence-corrected chi connectivity index (χ0v) is 19.5. The van der Waals surface area contributed by atoms with Crippen molar-refractivity contribution in [3.05, 3.63) is 57.6 Å². The molecule has 172 valence electrons. The van der Waals surface area contributed by atoms with E-state index in [2.05, 4.69) is 5.32 Å². The number of amides is 2. The zero-order chi connectivity index (χ0) is 24.1. The molecule has 3 N–H and O–H groups in total. The maximum atomic E-state index is 12.9. The lowest BCUT2D eigenvalue weighted by molar-refractivity contribution is -0.387. The number of sulfonamides is 1. The standard InChI is InChI=1S/C20H24N4O6S2/c1-4-23(5-2)32(29,30)18-11-15(8-6-13(18)3)22-19(25)12-31-17-9-7-14(20(21)26)10-16(17)24(27)28/h6-11H,4-5,12H2,1-3H3,(H2,21,26)(H,22,25). The van der Waals surface area contributed by atoms with E-state index in [1.165, 1.54) is 22.5 Å². The van der Waals surface area contributed by atoms with E-state index < -0.39 is 26.8 Å². The van der Waals surface area contributed by atoms with Crippen molar-refractivity contribution in [1.29, 1.82) is 0 Å².